The number of carbonyl (C=O) groups excluding carboxylic acids is 1. The first-order chi connectivity index (χ1) is 9.15. The number of esters is 1. The number of thiazole rings is 1. The van der Waals surface area contributed by atoms with E-state index in [2.05, 4.69) is 4.98 Å². The lowest BCUT2D eigenvalue weighted by atomic mass is 10.1. The van der Waals surface area contributed by atoms with E-state index in [0.29, 0.717) is 11.6 Å². The molecule has 5 heteroatoms. The molecule has 4 nitrogen and oxygen atoms in total. The van der Waals surface area contributed by atoms with E-state index in [1.165, 1.54) is 11.3 Å². The molecule has 1 heterocycles. The highest BCUT2D eigenvalue weighted by Crippen LogP contribution is 2.31. The van der Waals surface area contributed by atoms with Crippen molar-refractivity contribution in [3.8, 4) is 17.0 Å². The summed E-state index contributed by atoms with van der Waals surface area (Å²) in [6.07, 6.45) is 0. The number of carbonyl (C=O) groups is 1. The van der Waals surface area contributed by atoms with E-state index in [4.69, 9.17) is 9.47 Å². The fourth-order valence-corrected chi connectivity index (χ4v) is 2.42. The van der Waals surface area contributed by atoms with Crippen LogP contribution in [-0.4, -0.2) is 24.7 Å². The molecule has 0 bridgehead atoms. The van der Waals surface area contributed by atoms with Crippen LogP contribution in [0.5, 0.6) is 5.75 Å². The molecule has 0 fully saturated rings. The molecule has 2 rings (SSSR count). The molecule has 0 atom stereocenters. The molecule has 2 aromatic rings. The van der Waals surface area contributed by atoms with Crippen LogP contribution in [0.3, 0.4) is 0 Å². The standard InChI is InChI=1S/C14H15NO3S/c1-4-18-14(16)13-15-11(8-19-13)10-7-9(2)5-6-12(10)17-3/h5-8H,4H2,1-3H3. The second-order valence-corrected chi connectivity index (χ2v) is 4.82. The van der Waals surface area contributed by atoms with Crippen LogP contribution in [0.2, 0.25) is 0 Å². The summed E-state index contributed by atoms with van der Waals surface area (Å²) in [7, 11) is 1.62. The van der Waals surface area contributed by atoms with Crippen molar-refractivity contribution in [1.29, 1.82) is 0 Å². The van der Waals surface area contributed by atoms with Crippen LogP contribution in [0.1, 0.15) is 22.3 Å². The van der Waals surface area contributed by atoms with Gasteiger partial charge in [0, 0.05) is 10.9 Å². The smallest absolute Gasteiger partial charge is 0.367 e. The monoisotopic (exact) mass is 277 g/mol. The lowest BCUT2D eigenvalue weighted by Gasteiger charge is -2.06. The van der Waals surface area contributed by atoms with Gasteiger partial charge in [-0.2, -0.15) is 0 Å². The molecule has 0 aliphatic rings. The number of hydrogen-bond acceptors (Lipinski definition) is 5. The Morgan fingerprint density at radius 1 is 1.42 bits per heavy atom. The number of hydrogen-bond donors (Lipinski definition) is 0. The second-order valence-electron chi connectivity index (χ2n) is 3.96. The summed E-state index contributed by atoms with van der Waals surface area (Å²) in [4.78, 5) is 15.9. The van der Waals surface area contributed by atoms with Crippen molar-refractivity contribution in [1.82, 2.24) is 4.98 Å². The van der Waals surface area contributed by atoms with E-state index in [-0.39, 0.29) is 5.97 Å². The summed E-state index contributed by atoms with van der Waals surface area (Å²) in [5.74, 6) is 0.358. The number of benzene rings is 1. The number of nitrogens with zero attached hydrogens (tertiary/aromatic N) is 1. The molecule has 0 N–H and O–H groups in total. The Hall–Kier alpha value is -1.88. The van der Waals surface area contributed by atoms with Crippen LogP contribution >= 0.6 is 11.3 Å². The topological polar surface area (TPSA) is 48.4 Å². The molecule has 1 aromatic heterocycles. The van der Waals surface area contributed by atoms with Gasteiger partial charge in [0.05, 0.1) is 19.4 Å². The summed E-state index contributed by atoms with van der Waals surface area (Å²) in [6.45, 7) is 4.12. The quantitative estimate of drug-likeness (QED) is 0.804. The fraction of sp³-hybridized carbons (Fsp3) is 0.286. The first kappa shape index (κ1) is 13.5. The van der Waals surface area contributed by atoms with E-state index in [9.17, 15) is 4.79 Å². The molecule has 0 aliphatic heterocycles. The number of ether oxygens (including phenoxy) is 2. The molecule has 0 saturated carbocycles. The molecule has 0 unspecified atom stereocenters. The lowest BCUT2D eigenvalue weighted by molar-refractivity contribution is 0.0526. The van der Waals surface area contributed by atoms with E-state index >= 15 is 0 Å². The van der Waals surface area contributed by atoms with Gasteiger partial charge in [0.15, 0.2) is 0 Å². The van der Waals surface area contributed by atoms with Gasteiger partial charge in [0.2, 0.25) is 5.01 Å². The Balaban J connectivity index is 2.37. The third kappa shape index (κ3) is 2.93. The van der Waals surface area contributed by atoms with Crippen LogP contribution in [0.25, 0.3) is 11.3 Å². The van der Waals surface area contributed by atoms with Gasteiger partial charge in [-0.05, 0) is 26.0 Å². The van der Waals surface area contributed by atoms with Crippen molar-refractivity contribution in [2.45, 2.75) is 13.8 Å². The van der Waals surface area contributed by atoms with Crippen LogP contribution in [0.15, 0.2) is 23.6 Å². The molecule has 0 spiro atoms. The number of methoxy groups -OCH3 is 1. The maximum Gasteiger partial charge on any atom is 0.367 e. The summed E-state index contributed by atoms with van der Waals surface area (Å²) in [5, 5.41) is 2.20. The van der Waals surface area contributed by atoms with E-state index < -0.39 is 0 Å². The third-order valence-corrected chi connectivity index (χ3v) is 3.41. The van der Waals surface area contributed by atoms with Crippen molar-refractivity contribution in [3.05, 3.63) is 34.2 Å². The van der Waals surface area contributed by atoms with Gasteiger partial charge in [-0.3, -0.25) is 0 Å². The Bertz CT molecular complexity index is 592. The minimum Gasteiger partial charge on any atom is -0.496 e. The molecule has 0 aliphatic carbocycles. The minimum absolute atomic E-state index is 0.349. The number of rotatable bonds is 4. The van der Waals surface area contributed by atoms with Crippen molar-refractivity contribution >= 4 is 17.3 Å². The lowest BCUT2D eigenvalue weighted by Crippen LogP contribution is -2.03. The zero-order chi connectivity index (χ0) is 13.8. The van der Waals surface area contributed by atoms with E-state index in [1.54, 1.807) is 14.0 Å². The second kappa shape index (κ2) is 5.84. The molecule has 0 radical (unpaired) electrons. The molecular formula is C14H15NO3S. The highest BCUT2D eigenvalue weighted by Gasteiger charge is 2.15. The summed E-state index contributed by atoms with van der Waals surface area (Å²) in [6, 6.07) is 5.86. The van der Waals surface area contributed by atoms with Crippen molar-refractivity contribution in [2.24, 2.45) is 0 Å². The van der Waals surface area contributed by atoms with Gasteiger partial charge in [0.25, 0.3) is 0 Å². The Morgan fingerprint density at radius 3 is 2.89 bits per heavy atom. The average molecular weight is 277 g/mol. The Morgan fingerprint density at radius 2 is 2.21 bits per heavy atom. The van der Waals surface area contributed by atoms with Crippen molar-refractivity contribution in [3.63, 3.8) is 0 Å². The van der Waals surface area contributed by atoms with E-state index in [1.807, 2.05) is 30.5 Å². The van der Waals surface area contributed by atoms with Crippen LogP contribution < -0.4 is 4.74 Å². The normalized spacial score (nSPS) is 10.3. The number of aryl methyl sites for hydroxylation is 1. The van der Waals surface area contributed by atoms with Crippen LogP contribution in [-0.2, 0) is 4.74 Å². The van der Waals surface area contributed by atoms with Crippen molar-refractivity contribution in [2.75, 3.05) is 13.7 Å². The molecule has 19 heavy (non-hydrogen) atoms. The summed E-state index contributed by atoms with van der Waals surface area (Å²) >= 11 is 1.28. The molecule has 0 amide bonds. The minimum atomic E-state index is -0.384. The molecule has 100 valence electrons. The SMILES string of the molecule is CCOC(=O)c1nc(-c2cc(C)ccc2OC)cs1. The fourth-order valence-electron chi connectivity index (χ4n) is 1.71. The Kier molecular flexibility index (Phi) is 4.16. The molecule has 0 saturated heterocycles. The van der Waals surface area contributed by atoms with Crippen LogP contribution in [0, 0.1) is 6.92 Å². The highest BCUT2D eigenvalue weighted by molar-refractivity contribution is 7.11. The highest BCUT2D eigenvalue weighted by atomic mass is 32.1. The van der Waals surface area contributed by atoms with Gasteiger partial charge in [-0.1, -0.05) is 11.6 Å². The third-order valence-electron chi connectivity index (χ3n) is 2.59. The largest absolute Gasteiger partial charge is 0.496 e. The first-order valence-corrected chi connectivity index (χ1v) is 6.81. The van der Waals surface area contributed by atoms with Crippen LogP contribution in [0.4, 0.5) is 0 Å². The van der Waals surface area contributed by atoms with Crippen molar-refractivity contribution < 1.29 is 14.3 Å². The summed E-state index contributed by atoms with van der Waals surface area (Å²) < 4.78 is 10.3. The first-order valence-electron chi connectivity index (χ1n) is 5.93. The predicted octanol–water partition coefficient (Wildman–Crippen LogP) is 3.30. The van der Waals surface area contributed by atoms with Gasteiger partial charge in [-0.15, -0.1) is 11.3 Å². The van der Waals surface area contributed by atoms with Gasteiger partial charge in [-0.25, -0.2) is 9.78 Å². The van der Waals surface area contributed by atoms with E-state index in [0.717, 1.165) is 22.6 Å². The zero-order valence-corrected chi connectivity index (χ0v) is 11.9. The van der Waals surface area contributed by atoms with Gasteiger partial charge in [0.1, 0.15) is 5.75 Å². The molecular weight excluding hydrogens is 262 g/mol. The Labute approximate surface area is 116 Å². The van der Waals surface area contributed by atoms with Gasteiger partial charge >= 0.3 is 5.97 Å². The summed E-state index contributed by atoms with van der Waals surface area (Å²) in [5.41, 5.74) is 2.73. The average Bonchev–Trinajstić information content (AvgIpc) is 2.88. The number of aromatic nitrogens is 1. The predicted molar refractivity (Wildman–Crippen MR) is 74.8 cm³/mol. The maximum atomic E-state index is 11.6. The molecule has 1 aromatic carbocycles. The zero-order valence-electron chi connectivity index (χ0n) is 11.1. The maximum absolute atomic E-state index is 11.6. The van der Waals surface area contributed by atoms with Gasteiger partial charge < -0.3 is 9.47 Å².